The fraction of sp³-hybridized carbons (Fsp3) is 0.500. The third-order valence-electron chi connectivity index (χ3n) is 2.83. The summed E-state index contributed by atoms with van der Waals surface area (Å²) in [6.45, 7) is 0.412. The minimum Gasteiger partial charge on any atom is -0.489 e. The summed E-state index contributed by atoms with van der Waals surface area (Å²) >= 11 is 3.34. The first-order valence-corrected chi connectivity index (χ1v) is 6.40. The van der Waals surface area contributed by atoms with Crippen molar-refractivity contribution in [2.75, 3.05) is 7.11 Å². The number of hydrogen-bond donors (Lipinski definition) is 1. The number of hydrogen-bond acceptors (Lipinski definition) is 3. The standard InChI is InChI=1S/C12H15BrFNO2/c1-16-15-7-8-5-9(14)6-11(13)12(8)17-10-3-2-4-10/h5-6,10,15H,2-4,7H2,1H3. The summed E-state index contributed by atoms with van der Waals surface area (Å²) < 4.78 is 19.8. The van der Waals surface area contributed by atoms with Crippen molar-refractivity contribution in [2.24, 2.45) is 0 Å². The molecule has 17 heavy (non-hydrogen) atoms. The predicted octanol–water partition coefficient (Wildman–Crippen LogP) is 3.17. The summed E-state index contributed by atoms with van der Waals surface area (Å²) in [6, 6.07) is 2.88. The van der Waals surface area contributed by atoms with Crippen LogP contribution < -0.4 is 10.2 Å². The molecule has 3 nitrogen and oxygen atoms in total. The average Bonchev–Trinajstić information content (AvgIpc) is 2.22. The SMILES string of the molecule is CONCc1cc(F)cc(Br)c1OC1CCC1. The molecule has 0 heterocycles. The van der Waals surface area contributed by atoms with Crippen LogP contribution in [0.5, 0.6) is 5.75 Å². The van der Waals surface area contributed by atoms with Gasteiger partial charge in [0.15, 0.2) is 0 Å². The van der Waals surface area contributed by atoms with Gasteiger partial charge in [-0.1, -0.05) is 0 Å². The highest BCUT2D eigenvalue weighted by Crippen LogP contribution is 2.34. The molecule has 0 aromatic heterocycles. The summed E-state index contributed by atoms with van der Waals surface area (Å²) in [7, 11) is 1.53. The van der Waals surface area contributed by atoms with Crippen molar-refractivity contribution in [1.29, 1.82) is 0 Å². The highest BCUT2D eigenvalue weighted by Gasteiger charge is 2.22. The van der Waals surface area contributed by atoms with E-state index in [4.69, 9.17) is 9.57 Å². The minimum absolute atomic E-state index is 0.262. The van der Waals surface area contributed by atoms with Crippen molar-refractivity contribution in [2.45, 2.75) is 31.9 Å². The topological polar surface area (TPSA) is 30.5 Å². The predicted molar refractivity (Wildman–Crippen MR) is 66.2 cm³/mol. The number of hydroxylamine groups is 1. The Morgan fingerprint density at radius 1 is 1.47 bits per heavy atom. The lowest BCUT2D eigenvalue weighted by Gasteiger charge is -2.28. The fourth-order valence-electron chi connectivity index (χ4n) is 1.68. The van der Waals surface area contributed by atoms with Crippen LogP contribution in [-0.4, -0.2) is 13.2 Å². The second-order valence-electron chi connectivity index (χ2n) is 4.07. The molecular weight excluding hydrogens is 289 g/mol. The smallest absolute Gasteiger partial charge is 0.138 e. The largest absolute Gasteiger partial charge is 0.489 e. The Morgan fingerprint density at radius 2 is 2.24 bits per heavy atom. The maximum atomic E-state index is 13.3. The molecule has 0 unspecified atom stereocenters. The lowest BCUT2D eigenvalue weighted by atomic mass is 9.96. The van der Waals surface area contributed by atoms with E-state index in [1.807, 2.05) is 0 Å². The lowest BCUT2D eigenvalue weighted by molar-refractivity contribution is 0.0826. The van der Waals surface area contributed by atoms with Crippen LogP contribution in [0.1, 0.15) is 24.8 Å². The Bertz CT molecular complexity index is 396. The van der Waals surface area contributed by atoms with Crippen LogP contribution in [0.25, 0.3) is 0 Å². The minimum atomic E-state index is -0.286. The molecule has 0 radical (unpaired) electrons. The zero-order valence-corrected chi connectivity index (χ0v) is 11.2. The van der Waals surface area contributed by atoms with E-state index in [9.17, 15) is 4.39 Å². The van der Waals surface area contributed by atoms with E-state index in [-0.39, 0.29) is 11.9 Å². The highest BCUT2D eigenvalue weighted by molar-refractivity contribution is 9.10. The molecule has 1 aromatic carbocycles. The van der Waals surface area contributed by atoms with Gasteiger partial charge < -0.3 is 9.57 Å². The molecule has 0 bridgehead atoms. The van der Waals surface area contributed by atoms with Crippen LogP contribution >= 0.6 is 15.9 Å². The Morgan fingerprint density at radius 3 is 2.82 bits per heavy atom. The monoisotopic (exact) mass is 303 g/mol. The van der Waals surface area contributed by atoms with Crippen LogP contribution in [0.3, 0.4) is 0 Å². The Kier molecular flexibility index (Phi) is 4.36. The molecule has 0 spiro atoms. The van der Waals surface area contributed by atoms with Gasteiger partial charge in [-0.2, -0.15) is 5.48 Å². The second kappa shape index (κ2) is 5.80. The number of benzene rings is 1. The molecule has 2 rings (SSSR count). The van der Waals surface area contributed by atoms with Gasteiger partial charge in [0.25, 0.3) is 0 Å². The Balaban J connectivity index is 2.19. The van der Waals surface area contributed by atoms with Gasteiger partial charge in [-0.25, -0.2) is 4.39 Å². The average molecular weight is 304 g/mol. The third kappa shape index (κ3) is 3.18. The summed E-state index contributed by atoms with van der Waals surface area (Å²) in [5.41, 5.74) is 3.46. The van der Waals surface area contributed by atoms with E-state index < -0.39 is 0 Å². The van der Waals surface area contributed by atoms with Gasteiger partial charge in [0.1, 0.15) is 11.6 Å². The van der Waals surface area contributed by atoms with E-state index in [2.05, 4.69) is 21.4 Å². The first-order chi connectivity index (χ1) is 8.20. The van der Waals surface area contributed by atoms with Crippen LogP contribution in [0.4, 0.5) is 4.39 Å². The maximum Gasteiger partial charge on any atom is 0.138 e. The number of rotatable bonds is 5. The van der Waals surface area contributed by atoms with Gasteiger partial charge in [-0.05, 0) is 47.3 Å². The van der Waals surface area contributed by atoms with Gasteiger partial charge >= 0.3 is 0 Å². The Hall–Kier alpha value is -0.650. The van der Waals surface area contributed by atoms with Gasteiger partial charge in [0, 0.05) is 12.1 Å². The summed E-state index contributed by atoms with van der Waals surface area (Å²) in [6.07, 6.45) is 3.61. The second-order valence-corrected chi connectivity index (χ2v) is 4.93. The molecule has 0 aliphatic heterocycles. The van der Waals surface area contributed by atoms with Gasteiger partial charge in [0.2, 0.25) is 0 Å². The maximum absolute atomic E-state index is 13.3. The van der Waals surface area contributed by atoms with Crippen LogP contribution in [0, 0.1) is 5.82 Å². The molecule has 1 aromatic rings. The molecule has 1 saturated carbocycles. The molecular formula is C12H15BrFNO2. The van der Waals surface area contributed by atoms with Gasteiger partial charge in [-0.3, -0.25) is 0 Å². The first kappa shape index (κ1) is 12.8. The van der Waals surface area contributed by atoms with E-state index in [1.165, 1.54) is 25.7 Å². The summed E-state index contributed by atoms with van der Waals surface area (Å²) in [5.74, 6) is 0.423. The number of halogens is 2. The number of ether oxygens (including phenoxy) is 1. The summed E-state index contributed by atoms with van der Waals surface area (Å²) in [4.78, 5) is 4.78. The van der Waals surface area contributed by atoms with Crippen molar-refractivity contribution in [1.82, 2.24) is 5.48 Å². The number of nitrogens with one attached hydrogen (secondary N) is 1. The molecule has 0 amide bonds. The van der Waals surface area contributed by atoms with E-state index >= 15 is 0 Å². The van der Waals surface area contributed by atoms with Gasteiger partial charge in [-0.15, -0.1) is 0 Å². The van der Waals surface area contributed by atoms with Crippen LogP contribution in [-0.2, 0) is 11.4 Å². The molecule has 1 aliphatic rings. The van der Waals surface area contributed by atoms with E-state index in [1.54, 1.807) is 0 Å². The van der Waals surface area contributed by atoms with E-state index in [0.717, 1.165) is 18.4 Å². The van der Waals surface area contributed by atoms with Crippen LogP contribution in [0.2, 0.25) is 0 Å². The van der Waals surface area contributed by atoms with Crippen molar-refractivity contribution in [3.8, 4) is 5.75 Å². The van der Waals surface area contributed by atoms with Crippen molar-refractivity contribution in [3.05, 3.63) is 28.0 Å². The van der Waals surface area contributed by atoms with Gasteiger partial charge in [0.05, 0.1) is 17.7 Å². The molecule has 94 valence electrons. The van der Waals surface area contributed by atoms with Crippen molar-refractivity contribution in [3.63, 3.8) is 0 Å². The fourth-order valence-corrected chi connectivity index (χ4v) is 2.25. The molecule has 0 atom stereocenters. The lowest BCUT2D eigenvalue weighted by Crippen LogP contribution is -2.25. The quantitative estimate of drug-likeness (QED) is 0.848. The molecule has 1 aliphatic carbocycles. The third-order valence-corrected chi connectivity index (χ3v) is 3.42. The first-order valence-electron chi connectivity index (χ1n) is 5.61. The Labute approximate surface area is 108 Å². The van der Waals surface area contributed by atoms with E-state index in [0.29, 0.717) is 16.8 Å². The zero-order chi connectivity index (χ0) is 12.3. The summed E-state index contributed by atoms with van der Waals surface area (Å²) in [5, 5.41) is 0. The van der Waals surface area contributed by atoms with Crippen molar-refractivity contribution < 1.29 is 14.0 Å². The van der Waals surface area contributed by atoms with Crippen molar-refractivity contribution >= 4 is 15.9 Å². The molecule has 0 saturated heterocycles. The normalized spacial score (nSPS) is 15.7. The molecule has 1 N–H and O–H groups in total. The van der Waals surface area contributed by atoms with Crippen LogP contribution in [0.15, 0.2) is 16.6 Å². The highest BCUT2D eigenvalue weighted by atomic mass is 79.9. The molecule has 1 fully saturated rings. The molecule has 5 heteroatoms. The zero-order valence-electron chi connectivity index (χ0n) is 9.63.